The topological polar surface area (TPSA) is 75.4 Å². The molecule has 0 saturated carbocycles. The molecule has 1 fully saturated rings. The van der Waals surface area contributed by atoms with Crippen molar-refractivity contribution in [3.05, 3.63) is 0 Å². The van der Waals surface area contributed by atoms with Crippen molar-refractivity contribution in [3.8, 4) is 0 Å². The maximum absolute atomic E-state index is 12.6. The van der Waals surface area contributed by atoms with Gasteiger partial charge in [0.15, 0.2) is 0 Å². The second kappa shape index (κ2) is 6.18. The first kappa shape index (κ1) is 15.0. The van der Waals surface area contributed by atoms with Crippen molar-refractivity contribution in [2.24, 2.45) is 17.1 Å². The average molecular weight is 255 g/mol. The van der Waals surface area contributed by atoms with Gasteiger partial charge in [-0.25, -0.2) is 0 Å². The molecule has 0 bridgehead atoms. The summed E-state index contributed by atoms with van der Waals surface area (Å²) in [6, 6.07) is 0. The predicted octanol–water partition coefficient (Wildman–Crippen LogP) is 0.346. The summed E-state index contributed by atoms with van der Waals surface area (Å²) in [5, 5.41) is 3.25. The third-order valence-corrected chi connectivity index (χ3v) is 3.44. The lowest BCUT2D eigenvalue weighted by Crippen LogP contribution is -2.50. The highest BCUT2D eigenvalue weighted by Gasteiger charge is 2.38. The second-order valence-corrected chi connectivity index (χ2v) is 5.86. The van der Waals surface area contributed by atoms with Crippen LogP contribution in [0.1, 0.15) is 33.6 Å². The highest BCUT2D eigenvalue weighted by Crippen LogP contribution is 2.30. The lowest BCUT2D eigenvalue weighted by molar-refractivity contribution is -0.145. The summed E-state index contributed by atoms with van der Waals surface area (Å²) in [6.45, 7) is 8.38. The number of primary amides is 1. The van der Waals surface area contributed by atoms with E-state index in [2.05, 4.69) is 5.32 Å². The fraction of sp³-hybridized carbons (Fsp3) is 0.846. The minimum absolute atomic E-state index is 0.0278. The molecule has 0 aromatic heterocycles. The van der Waals surface area contributed by atoms with Crippen LogP contribution < -0.4 is 11.1 Å². The molecule has 1 rings (SSSR count). The van der Waals surface area contributed by atoms with Gasteiger partial charge in [-0.05, 0) is 31.8 Å². The van der Waals surface area contributed by atoms with E-state index in [0.717, 1.165) is 25.9 Å². The van der Waals surface area contributed by atoms with E-state index >= 15 is 0 Å². The molecule has 5 heteroatoms. The van der Waals surface area contributed by atoms with Gasteiger partial charge in [0.25, 0.3) is 0 Å². The highest BCUT2D eigenvalue weighted by molar-refractivity contribution is 5.87. The molecule has 104 valence electrons. The van der Waals surface area contributed by atoms with E-state index in [1.807, 2.05) is 20.8 Å². The van der Waals surface area contributed by atoms with Crippen LogP contribution in [0.4, 0.5) is 0 Å². The van der Waals surface area contributed by atoms with Crippen LogP contribution in [0.25, 0.3) is 0 Å². The van der Waals surface area contributed by atoms with E-state index in [1.165, 1.54) is 0 Å². The number of amides is 2. The molecule has 0 spiro atoms. The molecule has 1 aliphatic heterocycles. The minimum atomic E-state index is -0.443. The van der Waals surface area contributed by atoms with E-state index in [-0.39, 0.29) is 17.9 Å². The Labute approximate surface area is 109 Å². The SMILES string of the molecule is CC(C)CN(CC(N)=O)C(=O)C1(C)CCNCC1. The molecule has 2 amide bonds. The van der Waals surface area contributed by atoms with Crippen LogP contribution in [-0.2, 0) is 9.59 Å². The average Bonchev–Trinajstić information content (AvgIpc) is 2.27. The van der Waals surface area contributed by atoms with Crippen LogP contribution >= 0.6 is 0 Å². The first-order chi connectivity index (χ1) is 8.35. The molecule has 0 radical (unpaired) electrons. The Bertz CT molecular complexity index is 309. The first-order valence-corrected chi connectivity index (χ1v) is 6.63. The smallest absolute Gasteiger partial charge is 0.237 e. The predicted molar refractivity (Wildman–Crippen MR) is 70.8 cm³/mol. The van der Waals surface area contributed by atoms with Gasteiger partial charge in [-0.2, -0.15) is 0 Å². The number of nitrogens with two attached hydrogens (primary N) is 1. The van der Waals surface area contributed by atoms with Gasteiger partial charge < -0.3 is 16.0 Å². The lowest BCUT2D eigenvalue weighted by Gasteiger charge is -2.37. The molecule has 0 aromatic carbocycles. The molecule has 1 saturated heterocycles. The Morgan fingerprint density at radius 2 is 1.89 bits per heavy atom. The van der Waals surface area contributed by atoms with Crippen molar-refractivity contribution < 1.29 is 9.59 Å². The highest BCUT2D eigenvalue weighted by atomic mass is 16.2. The number of nitrogens with one attached hydrogen (secondary N) is 1. The Hall–Kier alpha value is -1.10. The number of hydrogen-bond acceptors (Lipinski definition) is 3. The zero-order chi connectivity index (χ0) is 13.8. The van der Waals surface area contributed by atoms with Crippen molar-refractivity contribution in [1.82, 2.24) is 10.2 Å². The normalized spacial score (nSPS) is 18.7. The van der Waals surface area contributed by atoms with Gasteiger partial charge in [-0.1, -0.05) is 20.8 Å². The van der Waals surface area contributed by atoms with Gasteiger partial charge in [0.1, 0.15) is 0 Å². The van der Waals surface area contributed by atoms with Crippen LogP contribution in [0.5, 0.6) is 0 Å². The van der Waals surface area contributed by atoms with Crippen molar-refractivity contribution >= 4 is 11.8 Å². The number of nitrogens with zero attached hydrogens (tertiary/aromatic N) is 1. The van der Waals surface area contributed by atoms with Gasteiger partial charge in [-0.15, -0.1) is 0 Å². The zero-order valence-corrected chi connectivity index (χ0v) is 11.7. The Balaban J connectivity index is 2.76. The molecule has 0 aromatic rings. The molecule has 18 heavy (non-hydrogen) atoms. The Kier molecular flexibility index (Phi) is 5.14. The molecule has 5 nitrogen and oxygen atoms in total. The Morgan fingerprint density at radius 3 is 2.33 bits per heavy atom. The van der Waals surface area contributed by atoms with Crippen LogP contribution in [0.3, 0.4) is 0 Å². The third kappa shape index (κ3) is 3.98. The summed E-state index contributed by atoms with van der Waals surface area (Å²) in [5.41, 5.74) is 4.88. The minimum Gasteiger partial charge on any atom is -0.368 e. The van der Waals surface area contributed by atoms with Gasteiger partial charge in [-0.3, -0.25) is 9.59 Å². The summed E-state index contributed by atoms with van der Waals surface area (Å²) in [5.74, 6) is -0.0448. The van der Waals surface area contributed by atoms with Crippen molar-refractivity contribution in [1.29, 1.82) is 0 Å². The number of carbonyl (C=O) groups excluding carboxylic acids is 2. The van der Waals surface area contributed by atoms with Crippen LogP contribution in [0.15, 0.2) is 0 Å². The summed E-state index contributed by atoms with van der Waals surface area (Å²) >= 11 is 0. The van der Waals surface area contributed by atoms with E-state index in [1.54, 1.807) is 4.90 Å². The van der Waals surface area contributed by atoms with Gasteiger partial charge in [0.05, 0.1) is 6.54 Å². The first-order valence-electron chi connectivity index (χ1n) is 6.63. The third-order valence-electron chi connectivity index (χ3n) is 3.44. The molecule has 0 atom stereocenters. The molecule has 0 unspecified atom stereocenters. The summed E-state index contributed by atoms with van der Waals surface area (Å²) in [6.07, 6.45) is 1.64. The lowest BCUT2D eigenvalue weighted by atomic mass is 9.79. The molecular weight excluding hydrogens is 230 g/mol. The second-order valence-electron chi connectivity index (χ2n) is 5.86. The van der Waals surface area contributed by atoms with Crippen molar-refractivity contribution in [2.45, 2.75) is 33.6 Å². The maximum Gasteiger partial charge on any atom is 0.237 e. The van der Waals surface area contributed by atoms with Crippen molar-refractivity contribution in [3.63, 3.8) is 0 Å². The largest absolute Gasteiger partial charge is 0.368 e. The van der Waals surface area contributed by atoms with E-state index in [0.29, 0.717) is 12.5 Å². The molecule has 1 heterocycles. The van der Waals surface area contributed by atoms with Crippen LogP contribution in [0.2, 0.25) is 0 Å². The monoisotopic (exact) mass is 255 g/mol. The fourth-order valence-corrected chi connectivity index (χ4v) is 2.42. The standard InChI is InChI=1S/C13H25N3O2/c1-10(2)8-16(9-11(14)17)12(18)13(3)4-6-15-7-5-13/h10,15H,4-9H2,1-3H3,(H2,14,17). The zero-order valence-electron chi connectivity index (χ0n) is 11.7. The molecule has 0 aliphatic carbocycles. The maximum atomic E-state index is 12.6. The van der Waals surface area contributed by atoms with Gasteiger partial charge in [0.2, 0.25) is 11.8 Å². The fourth-order valence-electron chi connectivity index (χ4n) is 2.42. The summed E-state index contributed by atoms with van der Waals surface area (Å²) in [7, 11) is 0. The van der Waals surface area contributed by atoms with E-state index < -0.39 is 5.91 Å². The molecule has 3 N–H and O–H groups in total. The van der Waals surface area contributed by atoms with Crippen LogP contribution in [0, 0.1) is 11.3 Å². The van der Waals surface area contributed by atoms with Crippen LogP contribution in [-0.4, -0.2) is 42.9 Å². The van der Waals surface area contributed by atoms with Gasteiger partial charge >= 0.3 is 0 Å². The quantitative estimate of drug-likeness (QED) is 0.744. The Morgan fingerprint density at radius 1 is 1.33 bits per heavy atom. The molecular formula is C13H25N3O2. The number of hydrogen-bond donors (Lipinski definition) is 2. The van der Waals surface area contributed by atoms with E-state index in [9.17, 15) is 9.59 Å². The summed E-state index contributed by atoms with van der Waals surface area (Å²) < 4.78 is 0. The number of carbonyl (C=O) groups is 2. The number of rotatable bonds is 5. The number of piperidine rings is 1. The van der Waals surface area contributed by atoms with Gasteiger partial charge in [0, 0.05) is 12.0 Å². The van der Waals surface area contributed by atoms with E-state index in [4.69, 9.17) is 5.73 Å². The van der Waals surface area contributed by atoms with Crippen molar-refractivity contribution in [2.75, 3.05) is 26.2 Å². The summed E-state index contributed by atoms with van der Waals surface area (Å²) in [4.78, 5) is 25.3. The molecule has 1 aliphatic rings.